The SMILES string of the molecule is CC(C)(CC1(CCC(O)CCCCC2(C3CC(O)(CC(=O)O)CC(=O)O3)CC2)CC1)C1CC(O)(CC(=O)O)CC(=O)O1. The topological polar surface area (TPSA) is 188 Å². The minimum Gasteiger partial charge on any atom is -0.481 e. The average Bonchev–Trinajstić information content (AvgIpc) is 3.75. The number of unbranched alkanes of at least 4 members (excludes halogenated alkanes) is 1. The van der Waals surface area contributed by atoms with Gasteiger partial charge in [-0.05, 0) is 63.2 Å². The Balaban J connectivity index is 1.20. The highest BCUT2D eigenvalue weighted by Gasteiger charge is 2.56. The third kappa shape index (κ3) is 8.44. The molecule has 5 N–H and O–H groups in total. The lowest BCUT2D eigenvalue weighted by Crippen LogP contribution is -2.50. The Morgan fingerprint density at radius 1 is 0.857 bits per heavy atom. The van der Waals surface area contributed by atoms with Gasteiger partial charge in [0.2, 0.25) is 0 Å². The molecule has 4 fully saturated rings. The van der Waals surface area contributed by atoms with E-state index in [0.717, 1.165) is 57.8 Å². The molecule has 42 heavy (non-hydrogen) atoms. The first-order valence-corrected chi connectivity index (χ1v) is 15.4. The molecule has 2 aliphatic carbocycles. The van der Waals surface area contributed by atoms with Crippen molar-refractivity contribution in [3.05, 3.63) is 0 Å². The van der Waals surface area contributed by atoms with Crippen molar-refractivity contribution in [3.8, 4) is 0 Å². The zero-order valence-electron chi connectivity index (χ0n) is 24.9. The second kappa shape index (κ2) is 12.0. The molecule has 0 bridgehead atoms. The minimum absolute atomic E-state index is 0.0366. The standard InChI is InChI=1S/C31H48O11/c1-27(2,21-13-30(39,15-23(33)34)17-25(37)41-21)19-28(9-10-28)8-6-20(32)5-3-4-7-29(11-12-29)22-14-31(40,16-24(35)36)18-26(38)42-22/h20-22,32,39-40H,3-19H2,1-2H3,(H,33,34)(H,35,36). The molecule has 0 aromatic carbocycles. The van der Waals surface area contributed by atoms with E-state index in [2.05, 4.69) is 0 Å². The molecule has 0 radical (unpaired) electrons. The Labute approximate surface area is 247 Å². The largest absolute Gasteiger partial charge is 0.481 e. The van der Waals surface area contributed by atoms with Crippen LogP contribution in [0.2, 0.25) is 0 Å². The monoisotopic (exact) mass is 596 g/mol. The molecule has 11 nitrogen and oxygen atoms in total. The Kier molecular flexibility index (Phi) is 9.36. The number of carboxylic acid groups (broad SMARTS) is 2. The van der Waals surface area contributed by atoms with Crippen LogP contribution in [0.3, 0.4) is 0 Å². The smallest absolute Gasteiger partial charge is 0.309 e. The number of aliphatic carboxylic acids is 2. The van der Waals surface area contributed by atoms with Crippen molar-refractivity contribution in [3.63, 3.8) is 0 Å². The third-order valence-corrected chi connectivity index (χ3v) is 10.3. The Morgan fingerprint density at radius 2 is 1.43 bits per heavy atom. The molecule has 0 aromatic rings. The Morgan fingerprint density at radius 3 is 1.98 bits per heavy atom. The van der Waals surface area contributed by atoms with Gasteiger partial charge in [-0.25, -0.2) is 0 Å². The van der Waals surface area contributed by atoms with Gasteiger partial charge in [0.05, 0.1) is 43.0 Å². The molecule has 5 unspecified atom stereocenters. The number of aliphatic hydroxyl groups is 3. The molecule has 0 aromatic heterocycles. The highest BCUT2D eigenvalue weighted by Crippen LogP contribution is 2.59. The first kappa shape index (κ1) is 32.7. The van der Waals surface area contributed by atoms with E-state index in [0.29, 0.717) is 12.8 Å². The van der Waals surface area contributed by atoms with Gasteiger partial charge in [0.15, 0.2) is 0 Å². The molecular weight excluding hydrogens is 548 g/mol. The van der Waals surface area contributed by atoms with Crippen molar-refractivity contribution in [1.82, 2.24) is 0 Å². The highest BCUT2D eigenvalue weighted by molar-refractivity contribution is 5.76. The summed E-state index contributed by atoms with van der Waals surface area (Å²) in [6.07, 6.45) is 6.25. The maximum Gasteiger partial charge on any atom is 0.309 e. The van der Waals surface area contributed by atoms with Gasteiger partial charge < -0.3 is 35.0 Å². The van der Waals surface area contributed by atoms with Gasteiger partial charge in [0.25, 0.3) is 0 Å². The van der Waals surface area contributed by atoms with Crippen molar-refractivity contribution in [1.29, 1.82) is 0 Å². The van der Waals surface area contributed by atoms with Crippen molar-refractivity contribution < 1.29 is 54.2 Å². The zero-order valence-corrected chi connectivity index (χ0v) is 24.9. The van der Waals surface area contributed by atoms with Gasteiger partial charge >= 0.3 is 23.9 Å². The highest BCUT2D eigenvalue weighted by atomic mass is 16.6. The van der Waals surface area contributed by atoms with Crippen LogP contribution in [0, 0.1) is 16.2 Å². The fourth-order valence-corrected chi connectivity index (χ4v) is 7.61. The van der Waals surface area contributed by atoms with E-state index in [1.807, 2.05) is 13.8 Å². The molecule has 0 amide bonds. The fourth-order valence-electron chi connectivity index (χ4n) is 7.61. The molecule has 2 aliphatic heterocycles. The van der Waals surface area contributed by atoms with Crippen LogP contribution < -0.4 is 0 Å². The van der Waals surface area contributed by atoms with Crippen molar-refractivity contribution >= 4 is 23.9 Å². The molecule has 238 valence electrons. The number of carbonyl (C=O) groups excluding carboxylic acids is 2. The summed E-state index contributed by atoms with van der Waals surface area (Å²) in [5.41, 5.74) is -3.80. The van der Waals surface area contributed by atoms with E-state index in [1.54, 1.807) is 0 Å². The first-order chi connectivity index (χ1) is 19.5. The summed E-state index contributed by atoms with van der Waals surface area (Å²) in [5, 5.41) is 50.5. The van der Waals surface area contributed by atoms with E-state index < -0.39 is 71.6 Å². The lowest BCUT2D eigenvalue weighted by Gasteiger charge is -2.43. The molecule has 2 saturated carbocycles. The Hall–Kier alpha value is -2.24. The summed E-state index contributed by atoms with van der Waals surface area (Å²) in [6, 6.07) is 0. The molecule has 2 heterocycles. The predicted molar refractivity (Wildman–Crippen MR) is 148 cm³/mol. The maximum atomic E-state index is 12.2. The van der Waals surface area contributed by atoms with E-state index in [1.165, 1.54) is 0 Å². The van der Waals surface area contributed by atoms with Crippen LogP contribution in [0.5, 0.6) is 0 Å². The van der Waals surface area contributed by atoms with Crippen molar-refractivity contribution in [2.24, 2.45) is 16.2 Å². The fraction of sp³-hybridized carbons (Fsp3) is 0.871. The maximum absolute atomic E-state index is 12.2. The van der Waals surface area contributed by atoms with E-state index in [4.69, 9.17) is 14.6 Å². The second-order valence-corrected chi connectivity index (χ2v) is 14.8. The average molecular weight is 597 g/mol. The number of hydrogen-bond donors (Lipinski definition) is 5. The lowest BCUT2D eigenvalue weighted by molar-refractivity contribution is -0.185. The van der Waals surface area contributed by atoms with Gasteiger partial charge in [-0.1, -0.05) is 26.7 Å². The van der Waals surface area contributed by atoms with Gasteiger partial charge in [-0.2, -0.15) is 0 Å². The number of hydrogen-bond acceptors (Lipinski definition) is 9. The molecule has 0 spiro atoms. The number of cyclic esters (lactones) is 2. The zero-order chi connectivity index (χ0) is 31.0. The normalized spacial score (nSPS) is 32.4. The van der Waals surface area contributed by atoms with Crippen LogP contribution >= 0.6 is 0 Å². The summed E-state index contributed by atoms with van der Waals surface area (Å²) >= 11 is 0. The molecular formula is C31H48O11. The lowest BCUT2D eigenvalue weighted by atomic mass is 9.70. The van der Waals surface area contributed by atoms with Crippen molar-refractivity contribution in [2.45, 2.75) is 153 Å². The van der Waals surface area contributed by atoms with Crippen LogP contribution in [-0.2, 0) is 28.7 Å². The van der Waals surface area contributed by atoms with Crippen LogP contribution in [0.15, 0.2) is 0 Å². The van der Waals surface area contributed by atoms with E-state index >= 15 is 0 Å². The van der Waals surface area contributed by atoms with Gasteiger partial charge in [-0.15, -0.1) is 0 Å². The summed E-state index contributed by atoms with van der Waals surface area (Å²) in [5.74, 6) is -3.41. The van der Waals surface area contributed by atoms with E-state index in [9.17, 15) is 39.6 Å². The molecule has 4 rings (SSSR count). The number of ether oxygens (including phenoxy) is 2. The minimum atomic E-state index is -1.60. The number of aliphatic hydroxyl groups excluding tert-OH is 1. The quantitative estimate of drug-likeness (QED) is 0.130. The van der Waals surface area contributed by atoms with E-state index in [-0.39, 0.29) is 36.5 Å². The molecule has 11 heteroatoms. The molecule has 2 saturated heterocycles. The first-order valence-electron chi connectivity index (χ1n) is 15.4. The molecule has 4 aliphatic rings. The summed E-state index contributed by atoms with van der Waals surface area (Å²) < 4.78 is 11.2. The van der Waals surface area contributed by atoms with Crippen molar-refractivity contribution in [2.75, 3.05) is 0 Å². The van der Waals surface area contributed by atoms with Crippen LogP contribution in [0.25, 0.3) is 0 Å². The molecule has 5 atom stereocenters. The third-order valence-electron chi connectivity index (χ3n) is 10.3. The second-order valence-electron chi connectivity index (χ2n) is 14.8. The number of esters is 2. The number of carbonyl (C=O) groups is 4. The van der Waals surface area contributed by atoms with Gasteiger partial charge in [-0.3, -0.25) is 19.2 Å². The summed E-state index contributed by atoms with van der Waals surface area (Å²) in [6.45, 7) is 3.99. The van der Waals surface area contributed by atoms with Crippen LogP contribution in [0.1, 0.15) is 123 Å². The number of carboxylic acids is 2. The van der Waals surface area contributed by atoms with Crippen LogP contribution in [0.4, 0.5) is 0 Å². The van der Waals surface area contributed by atoms with Gasteiger partial charge in [0, 0.05) is 23.7 Å². The Bertz CT molecular complexity index is 1040. The predicted octanol–water partition coefficient (Wildman–Crippen LogP) is 3.49. The summed E-state index contributed by atoms with van der Waals surface area (Å²) in [7, 11) is 0. The summed E-state index contributed by atoms with van der Waals surface area (Å²) in [4.78, 5) is 46.7. The van der Waals surface area contributed by atoms with Crippen LogP contribution in [-0.4, -0.2) is 78.9 Å². The van der Waals surface area contributed by atoms with Gasteiger partial charge in [0.1, 0.15) is 12.2 Å². The number of rotatable bonds is 16.